The van der Waals surface area contributed by atoms with Gasteiger partial charge in [0, 0.05) is 14.8 Å². The fourth-order valence-electron chi connectivity index (χ4n) is 3.78. The zero-order valence-corrected chi connectivity index (χ0v) is 17.0. The molecular formula is C20H41NSi. The van der Waals surface area contributed by atoms with Crippen molar-refractivity contribution in [1.29, 1.82) is 0 Å². The van der Waals surface area contributed by atoms with Crippen LogP contribution < -0.4 is 0 Å². The predicted octanol–water partition coefficient (Wildman–Crippen LogP) is 6.02. The highest BCUT2D eigenvalue weighted by Gasteiger charge is 2.18. The lowest BCUT2D eigenvalue weighted by atomic mass is 10.1. The van der Waals surface area contributed by atoms with Gasteiger partial charge in [-0.1, -0.05) is 76.1 Å². The summed E-state index contributed by atoms with van der Waals surface area (Å²) in [4.78, 5) is 2.80. The lowest BCUT2D eigenvalue weighted by Gasteiger charge is -2.32. The first-order chi connectivity index (χ1) is 10.6. The van der Waals surface area contributed by atoms with E-state index in [0.717, 1.165) is 0 Å². The molecule has 1 atom stereocenters. The van der Waals surface area contributed by atoms with Crippen LogP contribution in [0.5, 0.6) is 0 Å². The summed E-state index contributed by atoms with van der Waals surface area (Å²) < 4.78 is 0. The van der Waals surface area contributed by atoms with Crippen molar-refractivity contribution in [1.82, 2.24) is 4.90 Å². The van der Waals surface area contributed by atoms with E-state index in [4.69, 9.17) is 0 Å². The maximum atomic E-state index is 2.80. The molecule has 0 N–H and O–H groups in total. The lowest BCUT2D eigenvalue weighted by molar-refractivity contribution is 0.222. The smallest absolute Gasteiger partial charge is 0.0349 e. The van der Waals surface area contributed by atoms with Crippen LogP contribution in [0.15, 0.2) is 11.6 Å². The van der Waals surface area contributed by atoms with Gasteiger partial charge in [-0.15, -0.1) is 0 Å². The Morgan fingerprint density at radius 3 is 1.64 bits per heavy atom. The molecule has 1 nitrogen and oxygen atoms in total. The first-order valence-corrected chi connectivity index (χ1v) is 13.2. The highest BCUT2D eigenvalue weighted by atomic mass is 28.3. The average Bonchev–Trinajstić information content (AvgIpc) is 2.52. The summed E-state index contributed by atoms with van der Waals surface area (Å²) in [5.41, 5.74) is 1.71. The van der Waals surface area contributed by atoms with E-state index in [-0.39, 0.29) is 0 Å². The Balaban J connectivity index is 2.56. The van der Waals surface area contributed by atoms with Gasteiger partial charge in [0.25, 0.3) is 0 Å². The number of hydrogen-bond acceptors (Lipinski definition) is 1. The van der Waals surface area contributed by atoms with Crippen molar-refractivity contribution in [2.45, 2.75) is 103 Å². The van der Waals surface area contributed by atoms with Gasteiger partial charge < -0.3 is 0 Å². The van der Waals surface area contributed by atoms with E-state index < -0.39 is 8.80 Å². The molecule has 1 aliphatic heterocycles. The zero-order valence-electron chi connectivity index (χ0n) is 15.9. The van der Waals surface area contributed by atoms with E-state index in [2.05, 4.69) is 37.9 Å². The monoisotopic (exact) mass is 323 g/mol. The SMILES string of the molecule is CC=C(C[SiH](C)C)C(C)N1CCCCCCCCCCCC1. The van der Waals surface area contributed by atoms with Gasteiger partial charge >= 0.3 is 0 Å². The molecule has 0 aromatic rings. The first-order valence-electron chi connectivity index (χ1n) is 10.0. The Morgan fingerprint density at radius 2 is 1.27 bits per heavy atom. The molecule has 1 unspecified atom stereocenters. The Labute approximate surface area is 142 Å². The Hall–Kier alpha value is -0.0831. The fourth-order valence-corrected chi connectivity index (χ4v) is 5.30. The van der Waals surface area contributed by atoms with Crippen LogP contribution >= 0.6 is 0 Å². The summed E-state index contributed by atoms with van der Waals surface area (Å²) in [7, 11) is -0.507. The van der Waals surface area contributed by atoms with Gasteiger partial charge in [0.15, 0.2) is 0 Å². The maximum absolute atomic E-state index is 2.80. The second-order valence-corrected chi connectivity index (χ2v) is 10.9. The third-order valence-electron chi connectivity index (χ3n) is 5.24. The molecule has 1 saturated heterocycles. The van der Waals surface area contributed by atoms with Gasteiger partial charge in [-0.3, -0.25) is 4.90 Å². The van der Waals surface area contributed by atoms with Gasteiger partial charge in [0.05, 0.1) is 0 Å². The van der Waals surface area contributed by atoms with Gasteiger partial charge in [-0.25, -0.2) is 0 Å². The van der Waals surface area contributed by atoms with Crippen molar-refractivity contribution < 1.29 is 0 Å². The molecule has 1 rings (SSSR count). The summed E-state index contributed by atoms with van der Waals surface area (Å²) in [5.74, 6) is 0. The molecule has 0 aromatic carbocycles. The minimum absolute atomic E-state index is 0.507. The number of allylic oxidation sites excluding steroid dienone is 1. The number of hydrogen-bond donors (Lipinski definition) is 0. The standard InChI is InChI=1S/C20H41NSi/c1-5-20(18-22(3)4)19(2)21-16-14-12-10-8-6-7-9-11-13-15-17-21/h5,19,22H,6-18H2,1-4H3. The largest absolute Gasteiger partial charge is 0.297 e. The third-order valence-corrected chi connectivity index (χ3v) is 6.53. The van der Waals surface area contributed by atoms with Gasteiger partial charge in [-0.05, 0) is 45.8 Å². The molecule has 130 valence electrons. The minimum atomic E-state index is -0.507. The van der Waals surface area contributed by atoms with Gasteiger partial charge in [0.2, 0.25) is 0 Å². The fraction of sp³-hybridized carbons (Fsp3) is 0.900. The topological polar surface area (TPSA) is 3.24 Å². The highest BCUT2D eigenvalue weighted by molar-refractivity contribution is 6.56. The molecule has 0 spiro atoms. The van der Waals surface area contributed by atoms with E-state index >= 15 is 0 Å². The summed E-state index contributed by atoms with van der Waals surface area (Å²) in [6.07, 6.45) is 16.9. The van der Waals surface area contributed by atoms with E-state index in [9.17, 15) is 0 Å². The molecule has 0 aliphatic carbocycles. The Kier molecular flexibility index (Phi) is 11.2. The zero-order chi connectivity index (χ0) is 16.2. The highest BCUT2D eigenvalue weighted by Crippen LogP contribution is 2.20. The molecule has 1 heterocycles. The van der Waals surface area contributed by atoms with Crippen LogP contribution in [0.3, 0.4) is 0 Å². The van der Waals surface area contributed by atoms with Crippen LogP contribution in [0.25, 0.3) is 0 Å². The second-order valence-electron chi connectivity index (χ2n) is 7.71. The molecule has 0 aromatic heterocycles. The maximum Gasteiger partial charge on any atom is 0.0349 e. The molecule has 0 bridgehead atoms. The van der Waals surface area contributed by atoms with Crippen molar-refractivity contribution in [2.75, 3.05) is 13.1 Å². The van der Waals surface area contributed by atoms with E-state index in [0.29, 0.717) is 6.04 Å². The van der Waals surface area contributed by atoms with Crippen molar-refractivity contribution in [3.8, 4) is 0 Å². The van der Waals surface area contributed by atoms with Crippen LogP contribution in [0.1, 0.15) is 78.1 Å². The number of nitrogens with zero attached hydrogens (tertiary/aromatic N) is 1. The quantitative estimate of drug-likeness (QED) is 0.451. The summed E-state index contributed by atoms with van der Waals surface area (Å²) in [5, 5.41) is 0. The van der Waals surface area contributed by atoms with Crippen molar-refractivity contribution in [3.63, 3.8) is 0 Å². The third kappa shape index (κ3) is 8.52. The Morgan fingerprint density at radius 1 is 0.864 bits per heavy atom. The van der Waals surface area contributed by atoms with Crippen LogP contribution in [0.4, 0.5) is 0 Å². The normalized spacial score (nSPS) is 22.7. The molecule has 0 saturated carbocycles. The van der Waals surface area contributed by atoms with Crippen LogP contribution in [0.2, 0.25) is 19.1 Å². The Bertz CT molecular complexity index is 284. The molecule has 1 aliphatic rings. The average molecular weight is 324 g/mol. The van der Waals surface area contributed by atoms with Crippen molar-refractivity contribution in [2.24, 2.45) is 0 Å². The first kappa shape index (κ1) is 20.0. The summed E-state index contributed by atoms with van der Waals surface area (Å²) >= 11 is 0. The second kappa shape index (κ2) is 12.4. The predicted molar refractivity (Wildman–Crippen MR) is 105 cm³/mol. The molecule has 1 fully saturated rings. The lowest BCUT2D eigenvalue weighted by Crippen LogP contribution is -2.36. The molecule has 2 heteroatoms. The van der Waals surface area contributed by atoms with Crippen LogP contribution in [0, 0.1) is 0 Å². The van der Waals surface area contributed by atoms with E-state index in [1.165, 1.54) is 83.3 Å². The van der Waals surface area contributed by atoms with Crippen molar-refractivity contribution >= 4 is 8.80 Å². The molecule has 0 radical (unpaired) electrons. The van der Waals surface area contributed by atoms with E-state index in [1.807, 2.05) is 0 Å². The van der Waals surface area contributed by atoms with Crippen LogP contribution in [-0.4, -0.2) is 32.8 Å². The van der Waals surface area contributed by atoms with Gasteiger partial charge in [0.1, 0.15) is 0 Å². The molecule has 22 heavy (non-hydrogen) atoms. The van der Waals surface area contributed by atoms with E-state index in [1.54, 1.807) is 5.57 Å². The summed E-state index contributed by atoms with van der Waals surface area (Å²) in [6.45, 7) is 12.3. The minimum Gasteiger partial charge on any atom is -0.297 e. The molecular weight excluding hydrogens is 282 g/mol. The molecule has 0 amide bonds. The van der Waals surface area contributed by atoms with Crippen LogP contribution in [-0.2, 0) is 0 Å². The van der Waals surface area contributed by atoms with Gasteiger partial charge in [-0.2, -0.15) is 0 Å². The van der Waals surface area contributed by atoms with Crippen molar-refractivity contribution in [3.05, 3.63) is 11.6 Å². The number of rotatable bonds is 4. The summed E-state index contributed by atoms with van der Waals surface area (Å²) in [6, 6.07) is 2.07.